The molecule has 1 aliphatic rings. The number of thioether (sulfide) groups is 1. The van der Waals surface area contributed by atoms with Crippen LogP contribution in [0.1, 0.15) is 56.7 Å². The van der Waals surface area contributed by atoms with Crippen molar-refractivity contribution in [3.8, 4) is 0 Å². The molecule has 0 saturated heterocycles. The Morgan fingerprint density at radius 1 is 1.17 bits per heavy atom. The molecule has 2 aromatic rings. The molecule has 1 N–H and O–H groups in total. The predicted molar refractivity (Wildman–Crippen MR) is 106 cm³/mol. The van der Waals surface area contributed by atoms with Gasteiger partial charge in [0.1, 0.15) is 0 Å². The number of halogens is 1. The van der Waals surface area contributed by atoms with E-state index >= 15 is 0 Å². The van der Waals surface area contributed by atoms with Crippen LogP contribution in [0, 0.1) is 0 Å². The fourth-order valence-corrected chi connectivity index (χ4v) is 5.02. The van der Waals surface area contributed by atoms with Gasteiger partial charge in [0.05, 0.1) is 6.04 Å². The van der Waals surface area contributed by atoms with Gasteiger partial charge in [0.15, 0.2) is 0 Å². The molecule has 0 spiro atoms. The molecule has 0 saturated carbocycles. The summed E-state index contributed by atoms with van der Waals surface area (Å²) < 4.78 is 0. The van der Waals surface area contributed by atoms with Crippen molar-refractivity contribution in [2.45, 2.75) is 56.0 Å². The summed E-state index contributed by atoms with van der Waals surface area (Å²) in [5.41, 5.74) is 2.80. The zero-order valence-corrected chi connectivity index (χ0v) is 16.1. The highest BCUT2D eigenvalue weighted by Crippen LogP contribution is 2.41. The Morgan fingerprint density at radius 2 is 1.96 bits per heavy atom. The van der Waals surface area contributed by atoms with Crippen molar-refractivity contribution in [1.29, 1.82) is 0 Å². The Balaban J connectivity index is 2.04. The minimum atomic E-state index is 0.173. The van der Waals surface area contributed by atoms with Gasteiger partial charge in [-0.05, 0) is 42.2 Å². The third kappa shape index (κ3) is 3.82. The summed E-state index contributed by atoms with van der Waals surface area (Å²) in [5.74, 6) is 1.11. The molecule has 2 aromatic carbocycles. The van der Waals surface area contributed by atoms with Gasteiger partial charge in [-0.15, -0.1) is 11.8 Å². The van der Waals surface area contributed by atoms with Crippen LogP contribution in [0.2, 0.25) is 5.02 Å². The van der Waals surface area contributed by atoms with Crippen LogP contribution in [0.4, 0.5) is 0 Å². The van der Waals surface area contributed by atoms with E-state index in [0.717, 1.165) is 17.2 Å². The molecule has 0 amide bonds. The average molecular weight is 360 g/mol. The second-order valence-corrected chi connectivity index (χ2v) is 8.15. The van der Waals surface area contributed by atoms with Gasteiger partial charge >= 0.3 is 0 Å². The normalized spacial score (nSPS) is 23.5. The van der Waals surface area contributed by atoms with Gasteiger partial charge in [0.25, 0.3) is 0 Å². The monoisotopic (exact) mass is 359 g/mol. The highest BCUT2D eigenvalue weighted by Gasteiger charge is 2.35. The molecular weight excluding hydrogens is 334 g/mol. The maximum atomic E-state index is 6.33. The molecule has 1 nitrogen and oxygen atoms in total. The molecule has 2 unspecified atom stereocenters. The molecule has 24 heavy (non-hydrogen) atoms. The van der Waals surface area contributed by atoms with Crippen molar-refractivity contribution >= 4 is 23.4 Å². The minimum absolute atomic E-state index is 0.173. The zero-order chi connectivity index (χ0) is 17.0. The molecule has 0 fully saturated rings. The zero-order valence-electron chi connectivity index (χ0n) is 14.5. The summed E-state index contributed by atoms with van der Waals surface area (Å²) >= 11 is 8.31. The maximum Gasteiger partial charge on any atom is 0.0592 e. The fraction of sp³-hybridized carbons (Fsp3) is 0.429. The number of rotatable bonds is 5. The van der Waals surface area contributed by atoms with Gasteiger partial charge in [0.2, 0.25) is 0 Å². The highest BCUT2D eigenvalue weighted by molar-refractivity contribution is 7.99. The predicted octanol–water partition coefficient (Wildman–Crippen LogP) is 6.46. The van der Waals surface area contributed by atoms with E-state index < -0.39 is 0 Å². The number of nitrogens with one attached hydrogen (secondary N) is 1. The molecule has 0 aliphatic carbocycles. The SMILES string of the molecule is CCCCC1(CC)CSc2ccc(Cl)cc2C(c2ccccc2)N1. The Hall–Kier alpha value is -0.960. The molecular formula is C21H26ClNS. The molecule has 3 heteroatoms. The summed E-state index contributed by atoms with van der Waals surface area (Å²) in [6.07, 6.45) is 4.87. The number of benzene rings is 2. The lowest BCUT2D eigenvalue weighted by molar-refractivity contribution is 0.298. The Kier molecular flexibility index (Phi) is 5.91. The van der Waals surface area contributed by atoms with Gasteiger partial charge < -0.3 is 0 Å². The van der Waals surface area contributed by atoms with E-state index in [1.54, 1.807) is 0 Å². The smallest absolute Gasteiger partial charge is 0.0592 e. The van der Waals surface area contributed by atoms with Gasteiger partial charge in [-0.1, -0.05) is 68.6 Å². The fourth-order valence-electron chi connectivity index (χ4n) is 3.47. The minimum Gasteiger partial charge on any atom is -0.300 e. The van der Waals surface area contributed by atoms with Crippen LogP contribution >= 0.6 is 23.4 Å². The molecule has 0 aromatic heterocycles. The Morgan fingerprint density at radius 3 is 2.67 bits per heavy atom. The second-order valence-electron chi connectivity index (χ2n) is 6.70. The average Bonchev–Trinajstić information content (AvgIpc) is 2.78. The first-order valence-corrected chi connectivity index (χ1v) is 10.3. The van der Waals surface area contributed by atoms with Crippen LogP contribution in [-0.2, 0) is 0 Å². The van der Waals surface area contributed by atoms with Crippen molar-refractivity contribution < 1.29 is 0 Å². The number of hydrogen-bond acceptors (Lipinski definition) is 2. The topological polar surface area (TPSA) is 12.0 Å². The molecule has 2 atom stereocenters. The van der Waals surface area contributed by atoms with Crippen LogP contribution < -0.4 is 5.32 Å². The molecule has 3 rings (SSSR count). The molecule has 0 bridgehead atoms. The van der Waals surface area contributed by atoms with Crippen molar-refractivity contribution in [2.24, 2.45) is 0 Å². The summed E-state index contributed by atoms with van der Waals surface area (Å²) in [7, 11) is 0. The lowest BCUT2D eigenvalue weighted by Crippen LogP contribution is -2.48. The quantitative estimate of drug-likeness (QED) is 0.657. The van der Waals surface area contributed by atoms with E-state index in [-0.39, 0.29) is 11.6 Å². The number of fused-ring (bicyclic) bond motifs is 1. The first kappa shape index (κ1) is 17.8. The van der Waals surface area contributed by atoms with Gasteiger partial charge in [-0.2, -0.15) is 0 Å². The van der Waals surface area contributed by atoms with E-state index in [4.69, 9.17) is 11.6 Å². The van der Waals surface area contributed by atoms with E-state index in [1.165, 1.54) is 35.3 Å². The van der Waals surface area contributed by atoms with Crippen LogP contribution in [0.25, 0.3) is 0 Å². The lowest BCUT2D eigenvalue weighted by Gasteiger charge is -2.36. The van der Waals surface area contributed by atoms with Crippen LogP contribution in [0.3, 0.4) is 0 Å². The third-order valence-electron chi connectivity index (χ3n) is 5.06. The summed E-state index contributed by atoms with van der Waals surface area (Å²) in [4.78, 5) is 1.35. The van der Waals surface area contributed by atoms with Gasteiger partial charge in [0, 0.05) is 21.2 Å². The Labute approximate surface area is 155 Å². The summed E-state index contributed by atoms with van der Waals surface area (Å²) in [6.45, 7) is 4.59. The summed E-state index contributed by atoms with van der Waals surface area (Å²) in [5, 5.41) is 4.85. The van der Waals surface area contributed by atoms with Gasteiger partial charge in [-0.3, -0.25) is 5.32 Å². The summed E-state index contributed by atoms with van der Waals surface area (Å²) in [6, 6.07) is 17.3. The van der Waals surface area contributed by atoms with Crippen LogP contribution in [0.15, 0.2) is 53.4 Å². The van der Waals surface area contributed by atoms with Crippen LogP contribution in [0.5, 0.6) is 0 Å². The van der Waals surface area contributed by atoms with Crippen LogP contribution in [-0.4, -0.2) is 11.3 Å². The molecule has 128 valence electrons. The lowest BCUT2D eigenvalue weighted by atomic mass is 9.88. The number of unbranched alkanes of at least 4 members (excludes halogenated alkanes) is 1. The highest BCUT2D eigenvalue weighted by atomic mass is 35.5. The molecule has 1 aliphatic heterocycles. The maximum absolute atomic E-state index is 6.33. The first-order valence-electron chi connectivity index (χ1n) is 8.92. The Bertz CT molecular complexity index is 673. The van der Waals surface area contributed by atoms with Crippen molar-refractivity contribution in [1.82, 2.24) is 5.32 Å². The standard InChI is InChI=1S/C21H26ClNS/c1-3-5-13-21(4-2)15-24-19-12-11-17(22)14-18(19)20(23-21)16-9-7-6-8-10-16/h6-12,14,20,23H,3-5,13,15H2,1-2H3. The van der Waals surface area contributed by atoms with E-state index in [0.29, 0.717) is 0 Å². The largest absolute Gasteiger partial charge is 0.300 e. The molecule has 1 heterocycles. The number of hydrogen-bond donors (Lipinski definition) is 1. The van der Waals surface area contributed by atoms with E-state index in [1.807, 2.05) is 17.8 Å². The third-order valence-corrected chi connectivity index (χ3v) is 6.67. The second kappa shape index (κ2) is 7.95. The molecule has 0 radical (unpaired) electrons. The first-order chi connectivity index (χ1) is 11.7. The van der Waals surface area contributed by atoms with E-state index in [9.17, 15) is 0 Å². The van der Waals surface area contributed by atoms with Crippen molar-refractivity contribution in [3.05, 3.63) is 64.7 Å². The van der Waals surface area contributed by atoms with Crippen molar-refractivity contribution in [2.75, 3.05) is 5.75 Å². The van der Waals surface area contributed by atoms with Crippen molar-refractivity contribution in [3.63, 3.8) is 0 Å². The van der Waals surface area contributed by atoms with Gasteiger partial charge in [-0.25, -0.2) is 0 Å². The van der Waals surface area contributed by atoms with E-state index in [2.05, 4.69) is 61.6 Å².